The summed E-state index contributed by atoms with van der Waals surface area (Å²) in [5.41, 5.74) is 0. The van der Waals surface area contributed by atoms with E-state index < -0.39 is 0 Å². The molecule has 1 heteroatoms. The molecule has 1 N–H and O–H groups in total. The van der Waals surface area contributed by atoms with E-state index in [1.807, 2.05) is 0 Å². The standard InChI is InChI=1S/C11H23N/c1-3-10(2)8-9-12-11-6-4-5-7-11/h10-12H,3-9H2,1-2H3. The Morgan fingerprint density at radius 1 is 1.33 bits per heavy atom. The number of hydrogen-bond donors (Lipinski definition) is 1. The predicted molar refractivity (Wildman–Crippen MR) is 54.3 cm³/mol. The molecule has 0 amide bonds. The van der Waals surface area contributed by atoms with Crippen molar-refractivity contribution in [3.05, 3.63) is 0 Å². The lowest BCUT2D eigenvalue weighted by atomic mass is 10.1. The molecule has 72 valence electrons. The average Bonchev–Trinajstić information content (AvgIpc) is 2.57. The molecule has 1 saturated carbocycles. The second-order valence-electron chi connectivity index (χ2n) is 4.24. The van der Waals surface area contributed by atoms with Gasteiger partial charge in [0.25, 0.3) is 0 Å². The molecule has 1 rings (SSSR count). The first-order valence-electron chi connectivity index (χ1n) is 5.56. The molecule has 0 aromatic heterocycles. The molecule has 0 aromatic carbocycles. The van der Waals surface area contributed by atoms with Gasteiger partial charge in [0, 0.05) is 6.04 Å². The van der Waals surface area contributed by atoms with Crippen molar-refractivity contribution in [3.63, 3.8) is 0 Å². The lowest BCUT2D eigenvalue weighted by Gasteiger charge is -2.13. The van der Waals surface area contributed by atoms with E-state index in [0.29, 0.717) is 0 Å². The van der Waals surface area contributed by atoms with E-state index in [0.717, 1.165) is 12.0 Å². The van der Waals surface area contributed by atoms with Gasteiger partial charge in [0.1, 0.15) is 0 Å². The first-order valence-corrected chi connectivity index (χ1v) is 5.56. The zero-order chi connectivity index (χ0) is 8.81. The molecule has 0 bridgehead atoms. The molecular formula is C11H23N. The Kier molecular flexibility index (Phi) is 4.67. The monoisotopic (exact) mass is 169 g/mol. The Hall–Kier alpha value is -0.0400. The van der Waals surface area contributed by atoms with Crippen LogP contribution in [0.3, 0.4) is 0 Å². The van der Waals surface area contributed by atoms with E-state index in [4.69, 9.17) is 0 Å². The van der Waals surface area contributed by atoms with Crippen LogP contribution in [0.5, 0.6) is 0 Å². The Morgan fingerprint density at radius 2 is 2.00 bits per heavy atom. The highest BCUT2D eigenvalue weighted by Crippen LogP contribution is 2.17. The van der Waals surface area contributed by atoms with Gasteiger partial charge in [-0.1, -0.05) is 33.1 Å². The highest BCUT2D eigenvalue weighted by molar-refractivity contribution is 4.73. The molecule has 0 heterocycles. The van der Waals surface area contributed by atoms with Gasteiger partial charge < -0.3 is 5.32 Å². The highest BCUT2D eigenvalue weighted by Gasteiger charge is 2.13. The van der Waals surface area contributed by atoms with Crippen LogP contribution >= 0.6 is 0 Å². The van der Waals surface area contributed by atoms with Crippen LogP contribution in [0.1, 0.15) is 52.4 Å². The minimum Gasteiger partial charge on any atom is -0.314 e. The summed E-state index contributed by atoms with van der Waals surface area (Å²) < 4.78 is 0. The van der Waals surface area contributed by atoms with Crippen molar-refractivity contribution in [1.82, 2.24) is 5.32 Å². The maximum atomic E-state index is 3.65. The molecule has 12 heavy (non-hydrogen) atoms. The van der Waals surface area contributed by atoms with Gasteiger partial charge in [-0.15, -0.1) is 0 Å². The highest BCUT2D eigenvalue weighted by atomic mass is 14.9. The predicted octanol–water partition coefficient (Wildman–Crippen LogP) is 2.95. The van der Waals surface area contributed by atoms with Crippen molar-refractivity contribution in [2.45, 2.75) is 58.4 Å². The third kappa shape index (κ3) is 3.57. The number of hydrogen-bond acceptors (Lipinski definition) is 1. The largest absolute Gasteiger partial charge is 0.314 e. The fourth-order valence-corrected chi connectivity index (χ4v) is 1.87. The van der Waals surface area contributed by atoms with Gasteiger partial charge in [-0.25, -0.2) is 0 Å². The van der Waals surface area contributed by atoms with E-state index in [1.165, 1.54) is 45.1 Å². The van der Waals surface area contributed by atoms with Gasteiger partial charge in [0.05, 0.1) is 0 Å². The number of nitrogens with one attached hydrogen (secondary N) is 1. The third-order valence-corrected chi connectivity index (χ3v) is 3.12. The van der Waals surface area contributed by atoms with E-state index >= 15 is 0 Å². The lowest BCUT2D eigenvalue weighted by Crippen LogP contribution is -2.27. The van der Waals surface area contributed by atoms with Crippen LogP contribution in [0, 0.1) is 5.92 Å². The first kappa shape index (κ1) is 10.0. The van der Waals surface area contributed by atoms with Gasteiger partial charge in [-0.05, 0) is 31.7 Å². The van der Waals surface area contributed by atoms with Crippen LogP contribution in [0.4, 0.5) is 0 Å². The summed E-state index contributed by atoms with van der Waals surface area (Å²) in [5.74, 6) is 0.902. The van der Waals surface area contributed by atoms with Crippen molar-refractivity contribution in [2.75, 3.05) is 6.54 Å². The lowest BCUT2D eigenvalue weighted by molar-refractivity contribution is 0.448. The minimum atomic E-state index is 0.856. The van der Waals surface area contributed by atoms with Gasteiger partial charge in [0.2, 0.25) is 0 Å². The molecule has 1 aliphatic carbocycles. The van der Waals surface area contributed by atoms with Crippen molar-refractivity contribution in [2.24, 2.45) is 5.92 Å². The normalized spacial score (nSPS) is 21.5. The Labute approximate surface area is 76.9 Å². The zero-order valence-electron chi connectivity index (χ0n) is 8.60. The summed E-state index contributed by atoms with van der Waals surface area (Å²) in [7, 11) is 0. The molecule has 1 atom stereocenters. The third-order valence-electron chi connectivity index (χ3n) is 3.12. The Morgan fingerprint density at radius 3 is 2.58 bits per heavy atom. The Balaban J connectivity index is 1.94. The van der Waals surface area contributed by atoms with Crippen LogP contribution in [-0.4, -0.2) is 12.6 Å². The van der Waals surface area contributed by atoms with Crippen molar-refractivity contribution in [1.29, 1.82) is 0 Å². The Bertz CT molecular complexity index is 106. The van der Waals surface area contributed by atoms with Crippen molar-refractivity contribution < 1.29 is 0 Å². The molecule has 1 nitrogen and oxygen atoms in total. The zero-order valence-corrected chi connectivity index (χ0v) is 8.60. The smallest absolute Gasteiger partial charge is 0.00670 e. The average molecular weight is 169 g/mol. The first-order chi connectivity index (χ1) is 5.83. The van der Waals surface area contributed by atoms with E-state index in [2.05, 4.69) is 19.2 Å². The topological polar surface area (TPSA) is 12.0 Å². The van der Waals surface area contributed by atoms with Gasteiger partial charge in [-0.3, -0.25) is 0 Å². The molecule has 0 radical (unpaired) electrons. The van der Waals surface area contributed by atoms with Crippen LogP contribution in [0.2, 0.25) is 0 Å². The maximum absolute atomic E-state index is 3.65. The van der Waals surface area contributed by atoms with Gasteiger partial charge >= 0.3 is 0 Å². The van der Waals surface area contributed by atoms with Crippen LogP contribution in [0.15, 0.2) is 0 Å². The van der Waals surface area contributed by atoms with Crippen molar-refractivity contribution >= 4 is 0 Å². The molecule has 0 spiro atoms. The SMILES string of the molecule is CCC(C)CCNC1CCCC1. The fraction of sp³-hybridized carbons (Fsp3) is 1.00. The quantitative estimate of drug-likeness (QED) is 0.667. The summed E-state index contributed by atoms with van der Waals surface area (Å²) >= 11 is 0. The summed E-state index contributed by atoms with van der Waals surface area (Å²) in [6, 6.07) is 0.856. The molecule has 0 aliphatic heterocycles. The van der Waals surface area contributed by atoms with Crippen molar-refractivity contribution in [3.8, 4) is 0 Å². The van der Waals surface area contributed by atoms with Gasteiger partial charge in [-0.2, -0.15) is 0 Å². The van der Waals surface area contributed by atoms with E-state index in [9.17, 15) is 0 Å². The fourth-order valence-electron chi connectivity index (χ4n) is 1.87. The van der Waals surface area contributed by atoms with E-state index in [-0.39, 0.29) is 0 Å². The summed E-state index contributed by atoms with van der Waals surface area (Å²) in [6.45, 7) is 5.86. The van der Waals surface area contributed by atoms with Crippen LogP contribution < -0.4 is 5.32 Å². The van der Waals surface area contributed by atoms with Crippen LogP contribution in [0.25, 0.3) is 0 Å². The minimum absolute atomic E-state index is 0.856. The maximum Gasteiger partial charge on any atom is 0.00670 e. The van der Waals surface area contributed by atoms with Gasteiger partial charge in [0.15, 0.2) is 0 Å². The molecule has 1 unspecified atom stereocenters. The van der Waals surface area contributed by atoms with Crippen LogP contribution in [-0.2, 0) is 0 Å². The second-order valence-corrected chi connectivity index (χ2v) is 4.24. The summed E-state index contributed by atoms with van der Waals surface area (Å²) in [5, 5.41) is 3.65. The summed E-state index contributed by atoms with van der Waals surface area (Å²) in [4.78, 5) is 0. The summed E-state index contributed by atoms with van der Waals surface area (Å²) in [6.07, 6.45) is 8.41. The second kappa shape index (κ2) is 5.58. The molecule has 0 aromatic rings. The van der Waals surface area contributed by atoms with E-state index in [1.54, 1.807) is 0 Å². The molecular weight excluding hydrogens is 146 g/mol. The molecule has 1 fully saturated rings. The molecule has 0 saturated heterocycles. The molecule has 1 aliphatic rings. The number of rotatable bonds is 5.